The molecule has 146 valence electrons. The third kappa shape index (κ3) is 6.24. The lowest BCUT2D eigenvalue weighted by Gasteiger charge is -2.07. The summed E-state index contributed by atoms with van der Waals surface area (Å²) in [6, 6.07) is 10.1. The molecule has 0 saturated carbocycles. The van der Waals surface area contributed by atoms with Gasteiger partial charge in [0.1, 0.15) is 11.5 Å². The Bertz CT molecular complexity index is 913. The molecule has 0 saturated heterocycles. The van der Waals surface area contributed by atoms with Crippen LogP contribution in [0.5, 0.6) is 11.5 Å². The number of ether oxygens (including phenoxy) is 2. The first-order chi connectivity index (χ1) is 13.3. The van der Waals surface area contributed by atoms with Crippen molar-refractivity contribution < 1.29 is 24.2 Å². The molecule has 0 unspecified atom stereocenters. The van der Waals surface area contributed by atoms with Crippen LogP contribution in [0.1, 0.15) is 18.1 Å². The van der Waals surface area contributed by atoms with Crippen LogP contribution in [0.3, 0.4) is 0 Å². The zero-order valence-corrected chi connectivity index (χ0v) is 18.2. The summed E-state index contributed by atoms with van der Waals surface area (Å²) in [5, 5.41) is 12.4. The number of hydrogen-bond donors (Lipinski definition) is 2. The quantitative estimate of drug-likeness (QED) is 0.256. The first kappa shape index (κ1) is 21.7. The lowest BCUT2D eigenvalue weighted by Crippen LogP contribution is -2.20. The highest BCUT2D eigenvalue weighted by Crippen LogP contribution is 2.34. The van der Waals surface area contributed by atoms with Gasteiger partial charge < -0.3 is 19.9 Å². The van der Waals surface area contributed by atoms with E-state index < -0.39 is 5.91 Å². The monoisotopic (exact) mass is 509 g/mol. The first-order valence-corrected chi connectivity index (χ1v) is 9.58. The summed E-state index contributed by atoms with van der Waals surface area (Å²) < 4.78 is 11.1. The van der Waals surface area contributed by atoms with Crippen molar-refractivity contribution in [2.45, 2.75) is 6.92 Å². The molecule has 6 nitrogen and oxygen atoms in total. The van der Waals surface area contributed by atoms with Gasteiger partial charge in [0.05, 0.1) is 16.1 Å². The number of methoxy groups -OCH3 is 1. The number of phenols is 1. The van der Waals surface area contributed by atoms with E-state index in [0.717, 1.165) is 5.56 Å². The van der Waals surface area contributed by atoms with Crippen LogP contribution in [0.2, 0.25) is 0 Å². The first-order valence-electron chi connectivity index (χ1n) is 7.99. The number of benzene rings is 2. The molecule has 2 aromatic carbocycles. The molecule has 0 atom stereocenters. The van der Waals surface area contributed by atoms with E-state index in [-0.39, 0.29) is 17.5 Å². The molecular formula is C20H17Br2NO5. The van der Waals surface area contributed by atoms with Crippen LogP contribution in [0.15, 0.2) is 57.3 Å². The zero-order chi connectivity index (χ0) is 20.7. The molecule has 2 N–H and O–H groups in total. The van der Waals surface area contributed by atoms with Crippen molar-refractivity contribution >= 4 is 55.9 Å². The van der Waals surface area contributed by atoms with Crippen LogP contribution in [-0.4, -0.2) is 24.1 Å². The van der Waals surface area contributed by atoms with Crippen molar-refractivity contribution in [1.82, 2.24) is 5.32 Å². The van der Waals surface area contributed by atoms with Gasteiger partial charge in [-0.3, -0.25) is 9.59 Å². The Morgan fingerprint density at radius 1 is 1.07 bits per heavy atom. The summed E-state index contributed by atoms with van der Waals surface area (Å²) in [4.78, 5) is 23.2. The summed E-state index contributed by atoms with van der Waals surface area (Å²) in [6.45, 7) is 1.33. The fraction of sp³-hybridized carbons (Fsp3) is 0.100. The van der Waals surface area contributed by atoms with E-state index in [1.807, 2.05) is 0 Å². The summed E-state index contributed by atoms with van der Waals surface area (Å²) >= 11 is 6.48. The van der Waals surface area contributed by atoms with Crippen molar-refractivity contribution in [2.75, 3.05) is 7.11 Å². The standard InChI is InChI=1S/C20H17Br2NO5/c1-12(24)28-15-5-3-13(4-6-15)7-8-23-20(26)18(27-2)11-14-9-16(21)19(25)17(22)10-14/h3-11,25H,1-2H3,(H,23,26)/b8-7+,18-11-. The van der Waals surface area contributed by atoms with Crippen LogP contribution in [-0.2, 0) is 14.3 Å². The lowest BCUT2D eigenvalue weighted by molar-refractivity contribution is -0.131. The molecule has 2 rings (SSSR count). The molecule has 0 spiro atoms. The van der Waals surface area contributed by atoms with Gasteiger partial charge in [0, 0.05) is 13.1 Å². The Hall–Kier alpha value is -2.58. The Labute approximate surface area is 179 Å². The third-order valence-corrected chi connectivity index (χ3v) is 4.62. The summed E-state index contributed by atoms with van der Waals surface area (Å²) in [5.74, 6) is -0.204. The molecule has 0 aliphatic carbocycles. The number of amides is 1. The van der Waals surface area contributed by atoms with Gasteiger partial charge in [-0.05, 0) is 79.4 Å². The maximum absolute atomic E-state index is 12.3. The van der Waals surface area contributed by atoms with E-state index in [4.69, 9.17) is 9.47 Å². The molecule has 28 heavy (non-hydrogen) atoms. The number of esters is 1. The van der Waals surface area contributed by atoms with E-state index in [9.17, 15) is 14.7 Å². The van der Waals surface area contributed by atoms with Gasteiger partial charge in [0.25, 0.3) is 5.91 Å². The molecule has 2 aromatic rings. The molecule has 0 bridgehead atoms. The molecule has 0 radical (unpaired) electrons. The highest BCUT2D eigenvalue weighted by Gasteiger charge is 2.10. The van der Waals surface area contributed by atoms with Crippen molar-refractivity contribution in [3.8, 4) is 11.5 Å². The molecule has 0 aromatic heterocycles. The second-order valence-electron chi connectivity index (χ2n) is 5.52. The average Bonchev–Trinajstić information content (AvgIpc) is 2.65. The number of carbonyl (C=O) groups is 2. The van der Waals surface area contributed by atoms with Gasteiger partial charge in [0.2, 0.25) is 0 Å². The second kappa shape index (κ2) is 10.1. The van der Waals surface area contributed by atoms with Gasteiger partial charge in [-0.2, -0.15) is 0 Å². The molecule has 8 heteroatoms. The topological polar surface area (TPSA) is 84.9 Å². The van der Waals surface area contributed by atoms with Crippen LogP contribution in [0, 0.1) is 0 Å². The van der Waals surface area contributed by atoms with Gasteiger partial charge in [-0.15, -0.1) is 0 Å². The Morgan fingerprint density at radius 3 is 2.21 bits per heavy atom. The smallest absolute Gasteiger partial charge is 0.308 e. The van der Waals surface area contributed by atoms with Gasteiger partial charge in [-0.1, -0.05) is 12.1 Å². The molecule has 0 fully saturated rings. The molecule has 0 aliphatic rings. The molecule has 1 amide bonds. The van der Waals surface area contributed by atoms with Gasteiger partial charge in [-0.25, -0.2) is 0 Å². The molecular weight excluding hydrogens is 494 g/mol. The minimum atomic E-state index is -0.435. The maximum Gasteiger partial charge on any atom is 0.308 e. The van der Waals surface area contributed by atoms with Crippen molar-refractivity contribution in [2.24, 2.45) is 0 Å². The Balaban J connectivity index is 2.05. The van der Waals surface area contributed by atoms with Crippen LogP contribution < -0.4 is 10.1 Å². The third-order valence-electron chi connectivity index (χ3n) is 3.41. The van der Waals surface area contributed by atoms with Crippen LogP contribution in [0.4, 0.5) is 0 Å². The summed E-state index contributed by atoms with van der Waals surface area (Å²) in [5.41, 5.74) is 1.47. The number of hydrogen-bond acceptors (Lipinski definition) is 5. The Kier molecular flexibility index (Phi) is 7.83. The summed E-state index contributed by atoms with van der Waals surface area (Å²) in [7, 11) is 1.40. The zero-order valence-electron chi connectivity index (χ0n) is 15.0. The number of phenolic OH excluding ortho intramolecular Hbond substituents is 1. The minimum Gasteiger partial charge on any atom is -0.506 e. The molecule has 0 heterocycles. The largest absolute Gasteiger partial charge is 0.506 e. The van der Waals surface area contributed by atoms with Crippen molar-refractivity contribution in [3.63, 3.8) is 0 Å². The van der Waals surface area contributed by atoms with Crippen molar-refractivity contribution in [1.29, 1.82) is 0 Å². The number of carbonyl (C=O) groups excluding carboxylic acids is 2. The highest BCUT2D eigenvalue weighted by molar-refractivity contribution is 9.11. The van der Waals surface area contributed by atoms with E-state index in [2.05, 4.69) is 37.2 Å². The van der Waals surface area contributed by atoms with E-state index in [0.29, 0.717) is 20.3 Å². The fourth-order valence-electron chi connectivity index (χ4n) is 2.13. The van der Waals surface area contributed by atoms with Crippen LogP contribution in [0.25, 0.3) is 12.2 Å². The minimum absolute atomic E-state index is 0.0724. The van der Waals surface area contributed by atoms with Crippen molar-refractivity contribution in [3.05, 3.63) is 68.4 Å². The van der Waals surface area contributed by atoms with E-state index >= 15 is 0 Å². The van der Waals surface area contributed by atoms with Gasteiger partial charge in [0.15, 0.2) is 5.76 Å². The number of nitrogens with one attached hydrogen (secondary N) is 1. The van der Waals surface area contributed by atoms with E-state index in [1.54, 1.807) is 48.6 Å². The fourth-order valence-corrected chi connectivity index (χ4v) is 3.36. The SMILES string of the molecule is CO/C(=C\c1cc(Br)c(O)c(Br)c1)C(=O)N/C=C/c1ccc(OC(C)=O)cc1. The van der Waals surface area contributed by atoms with Gasteiger partial charge >= 0.3 is 5.97 Å². The van der Waals surface area contributed by atoms with E-state index in [1.165, 1.54) is 20.2 Å². The number of aromatic hydroxyl groups is 1. The average molecular weight is 511 g/mol. The predicted octanol–water partition coefficient (Wildman–Crippen LogP) is 4.62. The lowest BCUT2D eigenvalue weighted by atomic mass is 10.2. The highest BCUT2D eigenvalue weighted by atomic mass is 79.9. The summed E-state index contributed by atoms with van der Waals surface area (Å²) in [6.07, 6.45) is 4.72. The number of halogens is 2. The predicted molar refractivity (Wildman–Crippen MR) is 113 cm³/mol. The normalized spacial score (nSPS) is 11.4. The maximum atomic E-state index is 12.3. The Morgan fingerprint density at radius 2 is 1.68 bits per heavy atom. The number of rotatable bonds is 6. The second-order valence-corrected chi connectivity index (χ2v) is 7.22. The molecule has 0 aliphatic heterocycles. The van der Waals surface area contributed by atoms with Crippen LogP contribution >= 0.6 is 31.9 Å².